The second-order valence-corrected chi connectivity index (χ2v) is 10.0. The lowest BCUT2D eigenvalue weighted by Crippen LogP contribution is -2.53. The second-order valence-electron chi connectivity index (χ2n) is 10.0. The van der Waals surface area contributed by atoms with E-state index in [0.29, 0.717) is 18.4 Å². The third kappa shape index (κ3) is 12.7. The molecule has 0 spiro atoms. The Bertz CT molecular complexity index is 964. The number of nitrogens with two attached hydrogens (primary N) is 1. The summed E-state index contributed by atoms with van der Waals surface area (Å²) < 4.78 is 31.2. The summed E-state index contributed by atoms with van der Waals surface area (Å²) in [4.78, 5) is 49.3. The number of carbonyl (C=O) groups is 4. The first-order valence-corrected chi connectivity index (χ1v) is 13.9. The van der Waals surface area contributed by atoms with Crippen molar-refractivity contribution in [3.8, 4) is 11.5 Å². The SMILES string of the molecule is CCCCCOC(=O)Oc1ccc(CC(N)(C[C@H](C)OC(=O)C(C)C)C(=O)OC)cc1OC(=O)OCCCCC. The van der Waals surface area contributed by atoms with Crippen molar-refractivity contribution in [1.82, 2.24) is 0 Å². The molecule has 0 aromatic heterocycles. The van der Waals surface area contributed by atoms with Crippen LogP contribution in [-0.4, -0.2) is 56.2 Å². The van der Waals surface area contributed by atoms with Crippen molar-refractivity contribution in [1.29, 1.82) is 0 Å². The Hall–Kier alpha value is -3.34. The molecule has 0 amide bonds. The fraction of sp³-hybridized carbons (Fsp3) is 0.655. The molecule has 1 unspecified atom stereocenters. The predicted molar refractivity (Wildman–Crippen MR) is 147 cm³/mol. The maximum atomic E-state index is 12.7. The van der Waals surface area contributed by atoms with Crippen LogP contribution in [0.2, 0.25) is 0 Å². The molecule has 2 N–H and O–H groups in total. The highest BCUT2D eigenvalue weighted by Gasteiger charge is 2.38. The van der Waals surface area contributed by atoms with Gasteiger partial charge in [-0.1, -0.05) is 59.4 Å². The van der Waals surface area contributed by atoms with Crippen LogP contribution >= 0.6 is 0 Å². The van der Waals surface area contributed by atoms with Crippen LogP contribution in [0, 0.1) is 5.92 Å². The molecular formula is C29H45NO10. The van der Waals surface area contributed by atoms with Gasteiger partial charge in [0.2, 0.25) is 0 Å². The lowest BCUT2D eigenvalue weighted by molar-refractivity contribution is -0.157. The van der Waals surface area contributed by atoms with Crippen LogP contribution < -0.4 is 15.2 Å². The summed E-state index contributed by atoms with van der Waals surface area (Å²) in [6.07, 6.45) is 2.36. The van der Waals surface area contributed by atoms with E-state index < -0.39 is 35.9 Å². The van der Waals surface area contributed by atoms with Crippen LogP contribution in [0.1, 0.15) is 85.1 Å². The molecule has 0 aliphatic heterocycles. The Kier molecular flexibility index (Phi) is 15.7. The normalized spacial score (nSPS) is 13.1. The number of rotatable bonds is 17. The van der Waals surface area contributed by atoms with E-state index in [1.54, 1.807) is 26.8 Å². The highest BCUT2D eigenvalue weighted by atomic mass is 16.7. The molecule has 0 heterocycles. The highest BCUT2D eigenvalue weighted by Crippen LogP contribution is 2.32. The zero-order chi connectivity index (χ0) is 30.1. The molecule has 1 aromatic carbocycles. The van der Waals surface area contributed by atoms with Gasteiger partial charge < -0.3 is 34.2 Å². The van der Waals surface area contributed by atoms with Gasteiger partial charge in [-0.25, -0.2) is 9.59 Å². The van der Waals surface area contributed by atoms with E-state index in [-0.39, 0.29) is 43.5 Å². The third-order valence-electron chi connectivity index (χ3n) is 5.88. The fourth-order valence-electron chi connectivity index (χ4n) is 3.76. The van der Waals surface area contributed by atoms with Crippen molar-refractivity contribution in [2.75, 3.05) is 20.3 Å². The Morgan fingerprint density at radius 2 is 1.40 bits per heavy atom. The van der Waals surface area contributed by atoms with Gasteiger partial charge in [0, 0.05) is 12.8 Å². The summed E-state index contributed by atoms with van der Waals surface area (Å²) in [5, 5.41) is 0. The molecule has 0 aliphatic carbocycles. The summed E-state index contributed by atoms with van der Waals surface area (Å²) >= 11 is 0. The van der Waals surface area contributed by atoms with Crippen LogP contribution in [0.25, 0.3) is 0 Å². The van der Waals surface area contributed by atoms with E-state index in [2.05, 4.69) is 0 Å². The van der Waals surface area contributed by atoms with Crippen molar-refractivity contribution < 1.29 is 47.6 Å². The monoisotopic (exact) mass is 567 g/mol. The second kappa shape index (κ2) is 18.1. The lowest BCUT2D eigenvalue weighted by atomic mass is 9.86. The van der Waals surface area contributed by atoms with Crippen LogP contribution in [-0.2, 0) is 35.0 Å². The van der Waals surface area contributed by atoms with E-state index in [0.717, 1.165) is 25.7 Å². The van der Waals surface area contributed by atoms with Gasteiger partial charge in [0.05, 0.1) is 26.2 Å². The summed E-state index contributed by atoms with van der Waals surface area (Å²) in [6.45, 7) is 9.45. The van der Waals surface area contributed by atoms with E-state index in [4.69, 9.17) is 34.2 Å². The van der Waals surface area contributed by atoms with Crippen LogP contribution in [0.5, 0.6) is 11.5 Å². The van der Waals surface area contributed by atoms with Crippen LogP contribution in [0.15, 0.2) is 18.2 Å². The molecular weight excluding hydrogens is 522 g/mol. The fourth-order valence-corrected chi connectivity index (χ4v) is 3.76. The average molecular weight is 568 g/mol. The number of unbranched alkanes of at least 4 members (excludes halogenated alkanes) is 4. The quantitative estimate of drug-likeness (QED) is 0.110. The Morgan fingerprint density at radius 1 is 0.850 bits per heavy atom. The number of carbonyl (C=O) groups excluding carboxylic acids is 4. The molecule has 1 rings (SSSR count). The molecule has 0 saturated carbocycles. The number of ether oxygens (including phenoxy) is 6. The Labute approximate surface area is 236 Å². The van der Waals surface area contributed by atoms with Crippen molar-refractivity contribution in [3.63, 3.8) is 0 Å². The maximum Gasteiger partial charge on any atom is 0.513 e. The van der Waals surface area contributed by atoms with Gasteiger partial charge in [-0.2, -0.15) is 0 Å². The first kappa shape index (κ1) is 34.7. The van der Waals surface area contributed by atoms with Gasteiger partial charge in [0.1, 0.15) is 11.6 Å². The van der Waals surface area contributed by atoms with Gasteiger partial charge in [-0.3, -0.25) is 9.59 Å². The smallest absolute Gasteiger partial charge is 0.468 e. The Balaban J connectivity index is 3.17. The maximum absolute atomic E-state index is 12.7. The minimum absolute atomic E-state index is 0.0316. The summed E-state index contributed by atoms with van der Waals surface area (Å²) in [6, 6.07) is 4.39. The van der Waals surface area contributed by atoms with E-state index >= 15 is 0 Å². The molecule has 0 radical (unpaired) electrons. The summed E-state index contributed by atoms with van der Waals surface area (Å²) in [5.41, 5.74) is 5.36. The van der Waals surface area contributed by atoms with Gasteiger partial charge in [-0.15, -0.1) is 0 Å². The van der Waals surface area contributed by atoms with Crippen molar-refractivity contribution in [2.24, 2.45) is 11.7 Å². The van der Waals surface area contributed by atoms with Crippen molar-refractivity contribution in [2.45, 2.75) is 97.6 Å². The largest absolute Gasteiger partial charge is 0.513 e. The third-order valence-corrected chi connectivity index (χ3v) is 5.88. The highest BCUT2D eigenvalue weighted by molar-refractivity contribution is 5.81. The minimum atomic E-state index is -1.58. The van der Waals surface area contributed by atoms with Gasteiger partial charge >= 0.3 is 24.2 Å². The van der Waals surface area contributed by atoms with Gasteiger partial charge in [0.15, 0.2) is 11.5 Å². The summed E-state index contributed by atoms with van der Waals surface area (Å²) in [7, 11) is 1.21. The van der Waals surface area contributed by atoms with Crippen LogP contribution in [0.4, 0.5) is 9.59 Å². The van der Waals surface area contributed by atoms with E-state index in [1.807, 2.05) is 13.8 Å². The zero-order valence-corrected chi connectivity index (χ0v) is 24.6. The average Bonchev–Trinajstić information content (AvgIpc) is 2.89. The first-order valence-electron chi connectivity index (χ1n) is 13.9. The number of hydrogen-bond donors (Lipinski definition) is 1. The molecule has 0 aliphatic rings. The summed E-state index contributed by atoms with van der Waals surface area (Å²) in [5.74, 6) is -1.67. The van der Waals surface area contributed by atoms with Gasteiger partial charge in [0.25, 0.3) is 0 Å². The predicted octanol–water partition coefficient (Wildman–Crippen LogP) is 5.49. The molecule has 11 nitrogen and oxygen atoms in total. The minimum Gasteiger partial charge on any atom is -0.468 e. The Morgan fingerprint density at radius 3 is 1.90 bits per heavy atom. The lowest BCUT2D eigenvalue weighted by Gasteiger charge is -2.29. The number of methoxy groups -OCH3 is 1. The molecule has 40 heavy (non-hydrogen) atoms. The molecule has 0 saturated heterocycles. The van der Waals surface area contributed by atoms with Crippen LogP contribution in [0.3, 0.4) is 0 Å². The molecule has 0 fully saturated rings. The number of esters is 2. The molecule has 2 atom stereocenters. The van der Waals surface area contributed by atoms with Crippen molar-refractivity contribution in [3.05, 3.63) is 23.8 Å². The molecule has 226 valence electrons. The number of benzene rings is 1. The van der Waals surface area contributed by atoms with Crippen molar-refractivity contribution >= 4 is 24.2 Å². The number of hydrogen-bond acceptors (Lipinski definition) is 11. The topological polar surface area (TPSA) is 150 Å². The molecule has 11 heteroatoms. The molecule has 0 bridgehead atoms. The molecule has 1 aromatic rings. The zero-order valence-electron chi connectivity index (χ0n) is 24.6. The standard InChI is InChI=1S/C29H45NO10/c1-7-9-11-15-36-27(33)39-23-14-13-22(17-24(23)40-28(34)37-16-12-10-8-2)19-29(30,26(32)35-6)18-21(5)38-25(31)20(3)4/h13-14,17,20-21H,7-12,15-16,18-19,30H2,1-6H3/t21-,29?/m0/s1. The van der Waals surface area contributed by atoms with E-state index in [9.17, 15) is 19.2 Å². The van der Waals surface area contributed by atoms with Gasteiger partial charge in [-0.05, 0) is 37.5 Å². The first-order chi connectivity index (χ1) is 18.9. The van der Waals surface area contributed by atoms with E-state index in [1.165, 1.54) is 19.2 Å².